The average molecular weight is 257 g/mol. The predicted molar refractivity (Wildman–Crippen MR) is 76.5 cm³/mol. The lowest BCUT2D eigenvalue weighted by Crippen LogP contribution is -2.22. The van der Waals surface area contributed by atoms with E-state index in [0.29, 0.717) is 6.04 Å². The first-order valence-corrected chi connectivity index (χ1v) is 7.18. The van der Waals surface area contributed by atoms with Crippen molar-refractivity contribution in [3.05, 3.63) is 0 Å². The van der Waals surface area contributed by atoms with Gasteiger partial charge < -0.3 is 10.8 Å². The highest BCUT2D eigenvalue weighted by Gasteiger charge is 2.16. The molecular formula is C15H31NO2. The molecule has 1 fully saturated rings. The van der Waals surface area contributed by atoms with E-state index in [2.05, 4.69) is 20.8 Å². The van der Waals surface area contributed by atoms with Gasteiger partial charge in [-0.05, 0) is 30.6 Å². The molecule has 1 rings (SSSR count). The molecule has 3 N–H and O–H groups in total. The van der Waals surface area contributed by atoms with E-state index in [0.717, 1.165) is 6.42 Å². The van der Waals surface area contributed by atoms with Crippen molar-refractivity contribution in [1.29, 1.82) is 0 Å². The van der Waals surface area contributed by atoms with Gasteiger partial charge in [0, 0.05) is 12.5 Å². The number of hydrogen-bond acceptors (Lipinski definition) is 2. The maximum Gasteiger partial charge on any atom is 0.303 e. The van der Waals surface area contributed by atoms with Gasteiger partial charge in [0.15, 0.2) is 0 Å². The van der Waals surface area contributed by atoms with Gasteiger partial charge in [-0.1, -0.05) is 47.0 Å². The number of carbonyl (C=O) groups is 1. The topological polar surface area (TPSA) is 63.3 Å². The zero-order chi connectivity index (χ0) is 14.2. The number of aliphatic carboxylic acids is 1. The maximum atomic E-state index is 10.3. The summed E-state index contributed by atoms with van der Waals surface area (Å²) in [4.78, 5) is 10.3. The summed E-state index contributed by atoms with van der Waals surface area (Å²) in [5.74, 6) is -0.408. The van der Waals surface area contributed by atoms with Crippen molar-refractivity contribution in [3.8, 4) is 0 Å². The van der Waals surface area contributed by atoms with E-state index in [-0.39, 0.29) is 17.8 Å². The first-order chi connectivity index (χ1) is 8.20. The Morgan fingerprint density at radius 2 is 1.78 bits per heavy atom. The zero-order valence-corrected chi connectivity index (χ0v) is 12.5. The first-order valence-electron chi connectivity index (χ1n) is 7.18. The van der Waals surface area contributed by atoms with Crippen molar-refractivity contribution in [3.63, 3.8) is 0 Å². The van der Waals surface area contributed by atoms with E-state index in [4.69, 9.17) is 10.8 Å². The Balaban J connectivity index is 0.000000351. The van der Waals surface area contributed by atoms with Gasteiger partial charge in [0.25, 0.3) is 0 Å². The van der Waals surface area contributed by atoms with E-state index in [1.54, 1.807) is 0 Å². The minimum atomic E-state index is -0.693. The average Bonchev–Trinajstić information content (AvgIpc) is 2.14. The summed E-state index contributed by atoms with van der Waals surface area (Å²) in [5.41, 5.74) is 5.88. The van der Waals surface area contributed by atoms with Gasteiger partial charge in [-0.3, -0.25) is 4.79 Å². The molecule has 0 aromatic rings. The summed E-state index contributed by atoms with van der Waals surface area (Å²) in [6.07, 6.45) is 7.92. The fourth-order valence-electron chi connectivity index (χ4n) is 2.55. The van der Waals surface area contributed by atoms with Crippen LogP contribution in [0.5, 0.6) is 0 Å². The number of nitrogens with two attached hydrogens (primary N) is 1. The number of rotatable bonds is 3. The molecule has 1 atom stereocenters. The minimum Gasteiger partial charge on any atom is -0.481 e. The first kappa shape index (κ1) is 17.4. The molecule has 0 heterocycles. The van der Waals surface area contributed by atoms with Crippen LogP contribution in [-0.4, -0.2) is 17.1 Å². The standard InChI is InChI=1S/C9H18O2.C6H13N/c1-7(5-8(10)11)6-9(2,3)4;7-6-4-2-1-3-5-6/h7H,5-6H2,1-4H3,(H,10,11);6H,1-5,7H2. The Hall–Kier alpha value is -0.570. The minimum absolute atomic E-state index is 0.245. The normalized spacial score (nSPS) is 18.7. The van der Waals surface area contributed by atoms with Crippen LogP contribution in [0.4, 0.5) is 0 Å². The van der Waals surface area contributed by atoms with Gasteiger partial charge in [0.2, 0.25) is 0 Å². The number of carboxylic acid groups (broad SMARTS) is 1. The largest absolute Gasteiger partial charge is 0.481 e. The summed E-state index contributed by atoms with van der Waals surface area (Å²) >= 11 is 0. The second-order valence-electron chi connectivity index (χ2n) is 6.87. The third-order valence-electron chi connectivity index (χ3n) is 3.13. The molecule has 0 saturated heterocycles. The van der Waals surface area contributed by atoms with Crippen molar-refractivity contribution in [2.45, 2.75) is 78.7 Å². The molecule has 0 aromatic heterocycles. The lowest BCUT2D eigenvalue weighted by Gasteiger charge is -2.21. The van der Waals surface area contributed by atoms with E-state index >= 15 is 0 Å². The lowest BCUT2D eigenvalue weighted by atomic mass is 9.84. The van der Waals surface area contributed by atoms with Gasteiger partial charge in [0.05, 0.1) is 0 Å². The fraction of sp³-hybridized carbons (Fsp3) is 0.933. The zero-order valence-electron chi connectivity index (χ0n) is 12.5. The molecule has 0 aliphatic heterocycles. The van der Waals surface area contributed by atoms with E-state index < -0.39 is 5.97 Å². The van der Waals surface area contributed by atoms with E-state index in [9.17, 15) is 4.79 Å². The van der Waals surface area contributed by atoms with Crippen LogP contribution >= 0.6 is 0 Å². The Bertz CT molecular complexity index is 227. The predicted octanol–water partition coefficient (Wildman–Crippen LogP) is 3.81. The molecule has 0 spiro atoms. The smallest absolute Gasteiger partial charge is 0.303 e. The molecule has 0 amide bonds. The summed E-state index contributed by atoms with van der Waals surface area (Å²) in [6.45, 7) is 8.38. The van der Waals surface area contributed by atoms with Crippen LogP contribution in [0.2, 0.25) is 0 Å². The van der Waals surface area contributed by atoms with Gasteiger partial charge in [-0.2, -0.15) is 0 Å². The number of carboxylic acids is 1. The lowest BCUT2D eigenvalue weighted by molar-refractivity contribution is -0.138. The Labute approximate surface area is 112 Å². The van der Waals surface area contributed by atoms with Gasteiger partial charge in [0.1, 0.15) is 0 Å². The summed E-state index contributed by atoms with van der Waals surface area (Å²) in [7, 11) is 0. The fourth-order valence-corrected chi connectivity index (χ4v) is 2.55. The molecule has 0 bridgehead atoms. The molecule has 1 saturated carbocycles. The molecular weight excluding hydrogens is 226 g/mol. The van der Waals surface area contributed by atoms with Crippen molar-refractivity contribution < 1.29 is 9.90 Å². The van der Waals surface area contributed by atoms with Crippen LogP contribution < -0.4 is 5.73 Å². The van der Waals surface area contributed by atoms with Gasteiger partial charge in [-0.25, -0.2) is 0 Å². The molecule has 108 valence electrons. The Morgan fingerprint density at radius 1 is 1.28 bits per heavy atom. The van der Waals surface area contributed by atoms with Crippen LogP contribution in [0.1, 0.15) is 72.6 Å². The van der Waals surface area contributed by atoms with E-state index in [1.165, 1.54) is 32.1 Å². The van der Waals surface area contributed by atoms with Crippen molar-refractivity contribution >= 4 is 5.97 Å². The highest BCUT2D eigenvalue weighted by atomic mass is 16.4. The Kier molecular flexibility index (Phi) is 8.25. The number of hydrogen-bond donors (Lipinski definition) is 2. The second-order valence-corrected chi connectivity index (χ2v) is 6.87. The van der Waals surface area contributed by atoms with Crippen LogP contribution in [0.3, 0.4) is 0 Å². The van der Waals surface area contributed by atoms with Crippen molar-refractivity contribution in [2.24, 2.45) is 17.1 Å². The molecule has 3 heteroatoms. The van der Waals surface area contributed by atoms with Gasteiger partial charge >= 0.3 is 5.97 Å². The summed E-state index contributed by atoms with van der Waals surface area (Å²) < 4.78 is 0. The van der Waals surface area contributed by atoms with E-state index in [1.807, 2.05) is 6.92 Å². The van der Waals surface area contributed by atoms with Gasteiger partial charge in [-0.15, -0.1) is 0 Å². The highest BCUT2D eigenvalue weighted by molar-refractivity contribution is 5.66. The van der Waals surface area contributed by atoms with Crippen LogP contribution in [-0.2, 0) is 4.79 Å². The monoisotopic (exact) mass is 257 g/mol. The van der Waals surface area contributed by atoms with Crippen LogP contribution in [0.15, 0.2) is 0 Å². The SMILES string of the molecule is CC(CC(=O)O)CC(C)(C)C.NC1CCCCC1. The third-order valence-corrected chi connectivity index (χ3v) is 3.13. The molecule has 1 aliphatic carbocycles. The highest BCUT2D eigenvalue weighted by Crippen LogP contribution is 2.25. The molecule has 0 aromatic carbocycles. The molecule has 1 aliphatic rings. The molecule has 0 radical (unpaired) electrons. The molecule has 3 nitrogen and oxygen atoms in total. The Morgan fingerprint density at radius 3 is 2.06 bits per heavy atom. The van der Waals surface area contributed by atoms with Crippen molar-refractivity contribution in [1.82, 2.24) is 0 Å². The maximum absolute atomic E-state index is 10.3. The third kappa shape index (κ3) is 11.9. The quantitative estimate of drug-likeness (QED) is 0.808. The molecule has 1 unspecified atom stereocenters. The second kappa shape index (κ2) is 8.52. The van der Waals surface area contributed by atoms with Crippen LogP contribution in [0, 0.1) is 11.3 Å². The summed E-state index contributed by atoms with van der Waals surface area (Å²) in [6, 6.07) is 0.536. The van der Waals surface area contributed by atoms with Crippen molar-refractivity contribution in [2.75, 3.05) is 0 Å². The van der Waals surface area contributed by atoms with Crippen LogP contribution in [0.25, 0.3) is 0 Å². The molecule has 18 heavy (non-hydrogen) atoms. The summed E-state index contributed by atoms with van der Waals surface area (Å²) in [5, 5.41) is 8.48.